The number of aromatic nitrogens is 2. The Morgan fingerprint density at radius 2 is 1.76 bits per heavy atom. The molecule has 2 rings (SSSR count). The number of aromatic amines is 1. The molecule has 0 atom stereocenters. The molecule has 7 heteroatoms. The predicted octanol–water partition coefficient (Wildman–Crippen LogP) is 2.40. The minimum atomic E-state index is -3.23. The molecule has 0 saturated carbocycles. The van der Waals surface area contributed by atoms with Crippen LogP contribution in [-0.4, -0.2) is 24.4 Å². The standard InChI is InChI=1S/C14H20N4O2S/c1-4-21(19,20)18-13-7-5-12(6-8-13)15-9-14-10(2)16-17-11(14)3/h5-8,15,18H,4,9H2,1-3H3,(H,16,17). The summed E-state index contributed by atoms with van der Waals surface area (Å²) in [7, 11) is -3.23. The van der Waals surface area contributed by atoms with Crippen molar-refractivity contribution in [2.45, 2.75) is 27.3 Å². The molecule has 1 heterocycles. The molecule has 2 aromatic rings. The molecular formula is C14H20N4O2S. The van der Waals surface area contributed by atoms with Crippen LogP contribution in [0, 0.1) is 13.8 Å². The van der Waals surface area contributed by atoms with Gasteiger partial charge in [0.15, 0.2) is 0 Å². The van der Waals surface area contributed by atoms with Gasteiger partial charge in [-0.2, -0.15) is 5.10 Å². The highest BCUT2D eigenvalue weighted by atomic mass is 32.2. The number of hydrogen-bond donors (Lipinski definition) is 3. The molecule has 0 saturated heterocycles. The highest BCUT2D eigenvalue weighted by Gasteiger charge is 2.07. The summed E-state index contributed by atoms with van der Waals surface area (Å²) >= 11 is 0. The maximum Gasteiger partial charge on any atom is 0.232 e. The third-order valence-electron chi connectivity index (χ3n) is 3.29. The van der Waals surface area contributed by atoms with Gasteiger partial charge in [-0.15, -0.1) is 0 Å². The topological polar surface area (TPSA) is 86.9 Å². The van der Waals surface area contributed by atoms with Gasteiger partial charge in [0.25, 0.3) is 0 Å². The largest absolute Gasteiger partial charge is 0.381 e. The van der Waals surface area contributed by atoms with Crippen LogP contribution in [0.1, 0.15) is 23.9 Å². The van der Waals surface area contributed by atoms with E-state index in [9.17, 15) is 8.42 Å². The lowest BCUT2D eigenvalue weighted by Crippen LogP contribution is -2.14. The molecule has 0 aliphatic rings. The van der Waals surface area contributed by atoms with Crippen molar-refractivity contribution in [2.24, 2.45) is 0 Å². The Bertz CT molecular complexity index is 686. The van der Waals surface area contributed by atoms with E-state index in [1.807, 2.05) is 26.0 Å². The van der Waals surface area contributed by atoms with Gasteiger partial charge in [-0.05, 0) is 45.0 Å². The maximum absolute atomic E-state index is 11.5. The smallest absolute Gasteiger partial charge is 0.232 e. The monoisotopic (exact) mass is 308 g/mol. The number of sulfonamides is 1. The predicted molar refractivity (Wildman–Crippen MR) is 84.9 cm³/mol. The molecule has 0 bridgehead atoms. The number of hydrogen-bond acceptors (Lipinski definition) is 4. The summed E-state index contributed by atoms with van der Waals surface area (Å²) in [6.45, 7) is 6.23. The van der Waals surface area contributed by atoms with Crippen molar-refractivity contribution >= 4 is 21.4 Å². The second kappa shape index (κ2) is 6.17. The maximum atomic E-state index is 11.5. The van der Waals surface area contributed by atoms with Crippen LogP contribution in [0.25, 0.3) is 0 Å². The van der Waals surface area contributed by atoms with Crippen molar-refractivity contribution in [3.8, 4) is 0 Å². The molecule has 0 aliphatic heterocycles. The van der Waals surface area contributed by atoms with Crippen LogP contribution >= 0.6 is 0 Å². The first-order valence-electron chi connectivity index (χ1n) is 6.76. The number of benzene rings is 1. The van der Waals surface area contributed by atoms with Gasteiger partial charge in [0, 0.05) is 29.2 Å². The lowest BCUT2D eigenvalue weighted by atomic mass is 10.2. The normalized spacial score (nSPS) is 11.4. The highest BCUT2D eigenvalue weighted by molar-refractivity contribution is 7.92. The Kier molecular flexibility index (Phi) is 4.52. The van der Waals surface area contributed by atoms with E-state index < -0.39 is 10.0 Å². The van der Waals surface area contributed by atoms with Gasteiger partial charge >= 0.3 is 0 Å². The summed E-state index contributed by atoms with van der Waals surface area (Å²) in [5.74, 6) is 0.0616. The Hall–Kier alpha value is -2.02. The molecule has 21 heavy (non-hydrogen) atoms. The lowest BCUT2D eigenvalue weighted by Gasteiger charge is -2.09. The van der Waals surface area contributed by atoms with Gasteiger partial charge in [0.05, 0.1) is 11.4 Å². The number of H-pyrrole nitrogens is 1. The fourth-order valence-electron chi connectivity index (χ4n) is 1.93. The summed E-state index contributed by atoms with van der Waals surface area (Å²) in [5.41, 5.74) is 4.66. The minimum absolute atomic E-state index is 0.0616. The molecular weight excluding hydrogens is 288 g/mol. The zero-order valence-corrected chi connectivity index (χ0v) is 13.2. The average molecular weight is 308 g/mol. The fraction of sp³-hybridized carbons (Fsp3) is 0.357. The van der Waals surface area contributed by atoms with Gasteiger partial charge in [-0.1, -0.05) is 0 Å². The first-order valence-corrected chi connectivity index (χ1v) is 8.41. The van der Waals surface area contributed by atoms with Crippen molar-refractivity contribution in [3.05, 3.63) is 41.2 Å². The number of rotatable bonds is 6. The number of nitrogens with one attached hydrogen (secondary N) is 3. The van der Waals surface area contributed by atoms with E-state index in [2.05, 4.69) is 20.2 Å². The van der Waals surface area contributed by atoms with E-state index in [4.69, 9.17) is 0 Å². The first-order chi connectivity index (χ1) is 9.91. The van der Waals surface area contributed by atoms with Crippen LogP contribution in [-0.2, 0) is 16.6 Å². The van der Waals surface area contributed by atoms with Crippen molar-refractivity contribution in [1.82, 2.24) is 10.2 Å². The molecule has 0 aliphatic carbocycles. The average Bonchev–Trinajstić information content (AvgIpc) is 2.77. The number of aryl methyl sites for hydroxylation is 2. The highest BCUT2D eigenvalue weighted by Crippen LogP contribution is 2.17. The van der Waals surface area contributed by atoms with E-state index in [0.717, 1.165) is 22.6 Å². The molecule has 0 amide bonds. The molecule has 0 spiro atoms. The van der Waals surface area contributed by atoms with Crippen LogP contribution < -0.4 is 10.0 Å². The molecule has 0 fully saturated rings. The molecule has 6 nitrogen and oxygen atoms in total. The van der Waals surface area contributed by atoms with Gasteiger partial charge in [0.2, 0.25) is 10.0 Å². The molecule has 1 aromatic carbocycles. The van der Waals surface area contributed by atoms with Crippen LogP contribution in [0.3, 0.4) is 0 Å². The van der Waals surface area contributed by atoms with Gasteiger partial charge in [0.1, 0.15) is 0 Å². The zero-order valence-electron chi connectivity index (χ0n) is 12.4. The summed E-state index contributed by atoms with van der Waals surface area (Å²) in [5, 5.41) is 10.4. The van der Waals surface area contributed by atoms with Crippen LogP contribution in [0.2, 0.25) is 0 Å². The Morgan fingerprint density at radius 3 is 2.29 bits per heavy atom. The van der Waals surface area contributed by atoms with E-state index in [1.165, 1.54) is 0 Å². The van der Waals surface area contributed by atoms with E-state index >= 15 is 0 Å². The van der Waals surface area contributed by atoms with Crippen molar-refractivity contribution in [2.75, 3.05) is 15.8 Å². The number of nitrogens with zero attached hydrogens (tertiary/aromatic N) is 1. The lowest BCUT2D eigenvalue weighted by molar-refractivity contribution is 0.602. The van der Waals surface area contributed by atoms with E-state index in [1.54, 1.807) is 19.1 Å². The fourth-order valence-corrected chi connectivity index (χ4v) is 2.57. The third-order valence-corrected chi connectivity index (χ3v) is 4.60. The Labute approximate surface area is 125 Å². The SMILES string of the molecule is CCS(=O)(=O)Nc1ccc(NCc2c(C)n[nH]c2C)cc1. The molecule has 0 unspecified atom stereocenters. The van der Waals surface area contributed by atoms with Crippen molar-refractivity contribution in [1.29, 1.82) is 0 Å². The summed E-state index contributed by atoms with van der Waals surface area (Å²) < 4.78 is 25.5. The Morgan fingerprint density at radius 1 is 1.14 bits per heavy atom. The van der Waals surface area contributed by atoms with Crippen LogP contribution in [0.5, 0.6) is 0 Å². The van der Waals surface area contributed by atoms with Gasteiger partial charge in [-0.3, -0.25) is 9.82 Å². The molecule has 3 N–H and O–H groups in total. The zero-order chi connectivity index (χ0) is 15.5. The van der Waals surface area contributed by atoms with E-state index in [-0.39, 0.29) is 5.75 Å². The Balaban J connectivity index is 2.00. The molecule has 0 radical (unpaired) electrons. The minimum Gasteiger partial charge on any atom is -0.381 e. The van der Waals surface area contributed by atoms with Crippen molar-refractivity contribution < 1.29 is 8.42 Å². The molecule has 114 valence electrons. The third kappa shape index (κ3) is 3.98. The summed E-state index contributed by atoms with van der Waals surface area (Å²) in [4.78, 5) is 0. The summed E-state index contributed by atoms with van der Waals surface area (Å²) in [6.07, 6.45) is 0. The van der Waals surface area contributed by atoms with Crippen molar-refractivity contribution in [3.63, 3.8) is 0 Å². The summed E-state index contributed by atoms with van der Waals surface area (Å²) in [6, 6.07) is 7.17. The van der Waals surface area contributed by atoms with Crippen LogP contribution in [0.4, 0.5) is 11.4 Å². The van der Waals surface area contributed by atoms with Gasteiger partial charge in [-0.25, -0.2) is 8.42 Å². The second-order valence-electron chi connectivity index (χ2n) is 4.85. The molecule has 1 aromatic heterocycles. The van der Waals surface area contributed by atoms with E-state index in [0.29, 0.717) is 12.2 Å². The van der Waals surface area contributed by atoms with Gasteiger partial charge < -0.3 is 5.32 Å². The second-order valence-corrected chi connectivity index (χ2v) is 6.86. The number of anilines is 2. The first kappa shape index (κ1) is 15.4. The quantitative estimate of drug-likeness (QED) is 0.765. The van der Waals surface area contributed by atoms with Crippen LogP contribution in [0.15, 0.2) is 24.3 Å².